The lowest BCUT2D eigenvalue weighted by molar-refractivity contribution is 0.355. The van der Waals surface area contributed by atoms with Crippen LogP contribution in [0, 0.1) is 0 Å². The van der Waals surface area contributed by atoms with Gasteiger partial charge in [-0.2, -0.15) is 0 Å². The van der Waals surface area contributed by atoms with Gasteiger partial charge < -0.3 is 14.2 Å². The molecule has 0 unspecified atom stereocenters. The zero-order valence-corrected chi connectivity index (χ0v) is 15.3. The number of benzene rings is 2. The minimum absolute atomic E-state index is 0.648. The molecule has 7 heteroatoms. The van der Waals surface area contributed by atoms with Crippen LogP contribution in [0.5, 0.6) is 17.2 Å². The monoisotopic (exact) mass is 357 g/mol. The molecule has 3 rings (SSSR count). The summed E-state index contributed by atoms with van der Waals surface area (Å²) in [6, 6.07) is 13.5. The Morgan fingerprint density at radius 1 is 0.840 bits per heavy atom. The van der Waals surface area contributed by atoms with Gasteiger partial charge in [-0.15, -0.1) is 10.2 Å². The SMILES string of the molecule is COc1ccc(-n2c(SC)nnc2-c2ccc(OC)c(OC)c2)cc1. The molecular formula is C18H19N3O3S. The topological polar surface area (TPSA) is 58.4 Å². The first-order valence-corrected chi connectivity index (χ1v) is 8.80. The van der Waals surface area contributed by atoms with Gasteiger partial charge in [0.1, 0.15) is 5.75 Å². The van der Waals surface area contributed by atoms with E-state index in [0.717, 1.165) is 28.0 Å². The molecule has 0 aliphatic rings. The molecule has 0 aliphatic carbocycles. The molecular weight excluding hydrogens is 338 g/mol. The summed E-state index contributed by atoms with van der Waals surface area (Å²) in [6.07, 6.45) is 1.97. The number of aromatic nitrogens is 3. The van der Waals surface area contributed by atoms with Crippen LogP contribution < -0.4 is 14.2 Å². The van der Waals surface area contributed by atoms with E-state index in [9.17, 15) is 0 Å². The Kier molecular flexibility index (Phi) is 5.14. The van der Waals surface area contributed by atoms with E-state index in [4.69, 9.17) is 14.2 Å². The van der Waals surface area contributed by atoms with Gasteiger partial charge in [-0.3, -0.25) is 4.57 Å². The lowest BCUT2D eigenvalue weighted by Gasteiger charge is -2.12. The van der Waals surface area contributed by atoms with E-state index < -0.39 is 0 Å². The highest BCUT2D eigenvalue weighted by Gasteiger charge is 2.17. The van der Waals surface area contributed by atoms with E-state index in [-0.39, 0.29) is 0 Å². The minimum atomic E-state index is 0.648. The highest BCUT2D eigenvalue weighted by molar-refractivity contribution is 7.98. The van der Waals surface area contributed by atoms with E-state index in [1.165, 1.54) is 11.8 Å². The van der Waals surface area contributed by atoms with Crippen LogP contribution in [0.15, 0.2) is 47.6 Å². The van der Waals surface area contributed by atoms with Crippen LogP contribution >= 0.6 is 11.8 Å². The third kappa shape index (κ3) is 3.28. The van der Waals surface area contributed by atoms with Crippen LogP contribution in [-0.4, -0.2) is 42.3 Å². The smallest absolute Gasteiger partial charge is 0.195 e. The minimum Gasteiger partial charge on any atom is -0.497 e. The molecule has 1 aromatic heterocycles. The molecule has 130 valence electrons. The van der Waals surface area contributed by atoms with Crippen molar-refractivity contribution in [1.82, 2.24) is 14.8 Å². The summed E-state index contributed by atoms with van der Waals surface area (Å²) >= 11 is 1.54. The number of hydrogen-bond acceptors (Lipinski definition) is 6. The fourth-order valence-electron chi connectivity index (χ4n) is 2.53. The van der Waals surface area contributed by atoms with Crippen molar-refractivity contribution in [3.63, 3.8) is 0 Å². The van der Waals surface area contributed by atoms with Crippen molar-refractivity contribution < 1.29 is 14.2 Å². The number of methoxy groups -OCH3 is 3. The van der Waals surface area contributed by atoms with Crippen LogP contribution in [0.1, 0.15) is 0 Å². The summed E-state index contributed by atoms with van der Waals surface area (Å²) in [7, 11) is 4.88. The fraction of sp³-hybridized carbons (Fsp3) is 0.222. The normalized spacial score (nSPS) is 10.6. The zero-order chi connectivity index (χ0) is 17.8. The second-order valence-electron chi connectivity index (χ2n) is 5.11. The van der Waals surface area contributed by atoms with Crippen LogP contribution in [-0.2, 0) is 0 Å². The molecule has 3 aromatic rings. The van der Waals surface area contributed by atoms with Crippen LogP contribution in [0.2, 0.25) is 0 Å². The molecule has 1 heterocycles. The maximum atomic E-state index is 5.40. The van der Waals surface area contributed by atoms with E-state index in [1.54, 1.807) is 21.3 Å². The zero-order valence-electron chi connectivity index (χ0n) is 14.5. The number of hydrogen-bond donors (Lipinski definition) is 0. The third-order valence-electron chi connectivity index (χ3n) is 3.79. The molecule has 0 aliphatic heterocycles. The molecule has 0 spiro atoms. The van der Waals surface area contributed by atoms with Gasteiger partial charge in [-0.05, 0) is 48.7 Å². The summed E-state index contributed by atoms with van der Waals surface area (Å²) in [5, 5.41) is 9.47. The summed E-state index contributed by atoms with van der Waals surface area (Å²) in [4.78, 5) is 0. The van der Waals surface area contributed by atoms with E-state index >= 15 is 0 Å². The van der Waals surface area contributed by atoms with Gasteiger partial charge in [-0.1, -0.05) is 11.8 Å². The number of nitrogens with zero attached hydrogens (tertiary/aromatic N) is 3. The number of thioether (sulfide) groups is 1. The van der Waals surface area contributed by atoms with E-state index in [0.29, 0.717) is 11.5 Å². The molecule has 0 bridgehead atoms. The van der Waals surface area contributed by atoms with Gasteiger partial charge in [0.25, 0.3) is 0 Å². The summed E-state index contributed by atoms with van der Waals surface area (Å²) in [5.41, 5.74) is 1.85. The predicted molar refractivity (Wildman–Crippen MR) is 98.2 cm³/mol. The largest absolute Gasteiger partial charge is 0.497 e. The van der Waals surface area contributed by atoms with Gasteiger partial charge >= 0.3 is 0 Å². The van der Waals surface area contributed by atoms with Gasteiger partial charge in [-0.25, -0.2) is 0 Å². The number of ether oxygens (including phenoxy) is 3. The Hall–Kier alpha value is -2.67. The summed E-state index contributed by atoms with van der Waals surface area (Å²) in [5.74, 6) is 2.85. The summed E-state index contributed by atoms with van der Waals surface area (Å²) < 4.78 is 18.0. The standard InChI is InChI=1S/C18H19N3O3S/c1-22-14-8-6-13(7-9-14)21-17(19-20-18(21)25-4)12-5-10-15(23-2)16(11-12)24-3/h5-11H,1-4H3. The molecule has 0 radical (unpaired) electrons. The molecule has 0 saturated carbocycles. The van der Waals surface area contributed by atoms with Gasteiger partial charge in [0.15, 0.2) is 22.5 Å². The first-order valence-electron chi connectivity index (χ1n) is 7.58. The summed E-state index contributed by atoms with van der Waals surface area (Å²) in [6.45, 7) is 0. The Morgan fingerprint density at radius 2 is 1.56 bits per heavy atom. The Labute approximate surface area is 150 Å². The lowest BCUT2D eigenvalue weighted by atomic mass is 10.2. The Bertz CT molecular complexity index is 863. The van der Waals surface area contributed by atoms with Crippen LogP contribution in [0.3, 0.4) is 0 Å². The maximum Gasteiger partial charge on any atom is 0.195 e. The molecule has 0 N–H and O–H groups in total. The highest BCUT2D eigenvalue weighted by atomic mass is 32.2. The third-order valence-corrected chi connectivity index (χ3v) is 4.42. The molecule has 6 nitrogen and oxygen atoms in total. The van der Waals surface area contributed by atoms with E-state index in [1.807, 2.05) is 53.3 Å². The lowest BCUT2D eigenvalue weighted by Crippen LogP contribution is -2.00. The van der Waals surface area contributed by atoms with Gasteiger partial charge in [0.05, 0.1) is 21.3 Å². The van der Waals surface area contributed by atoms with Crippen molar-refractivity contribution in [3.8, 4) is 34.3 Å². The second kappa shape index (κ2) is 7.48. The van der Waals surface area contributed by atoms with Crippen LogP contribution in [0.4, 0.5) is 0 Å². The molecule has 0 amide bonds. The van der Waals surface area contributed by atoms with Gasteiger partial charge in [0.2, 0.25) is 0 Å². The molecule has 25 heavy (non-hydrogen) atoms. The average Bonchev–Trinajstić information content (AvgIpc) is 3.11. The second-order valence-corrected chi connectivity index (χ2v) is 5.89. The van der Waals surface area contributed by atoms with Crippen molar-refractivity contribution in [2.45, 2.75) is 5.16 Å². The quantitative estimate of drug-likeness (QED) is 0.627. The van der Waals surface area contributed by atoms with Crippen molar-refractivity contribution in [3.05, 3.63) is 42.5 Å². The molecule has 2 aromatic carbocycles. The first-order chi connectivity index (χ1) is 12.2. The van der Waals surface area contributed by atoms with E-state index in [2.05, 4.69) is 10.2 Å². The fourth-order valence-corrected chi connectivity index (χ4v) is 3.03. The van der Waals surface area contributed by atoms with Crippen LogP contribution in [0.25, 0.3) is 17.1 Å². The Balaban J connectivity index is 2.12. The van der Waals surface area contributed by atoms with Crippen molar-refractivity contribution in [2.75, 3.05) is 27.6 Å². The van der Waals surface area contributed by atoms with Crippen molar-refractivity contribution in [2.24, 2.45) is 0 Å². The van der Waals surface area contributed by atoms with Crippen molar-refractivity contribution in [1.29, 1.82) is 0 Å². The van der Waals surface area contributed by atoms with Gasteiger partial charge in [0, 0.05) is 11.3 Å². The predicted octanol–water partition coefficient (Wildman–Crippen LogP) is 3.68. The Morgan fingerprint density at radius 3 is 2.16 bits per heavy atom. The number of rotatable bonds is 6. The molecule has 0 saturated heterocycles. The average molecular weight is 357 g/mol. The highest BCUT2D eigenvalue weighted by Crippen LogP contribution is 2.34. The van der Waals surface area contributed by atoms with Crippen molar-refractivity contribution >= 4 is 11.8 Å². The molecule has 0 fully saturated rings. The maximum absolute atomic E-state index is 5.40. The first kappa shape index (κ1) is 17.2. The molecule has 0 atom stereocenters.